The molecule has 3 unspecified atom stereocenters. The average molecular weight is 307 g/mol. The molecule has 0 bridgehead atoms. The van der Waals surface area contributed by atoms with Gasteiger partial charge in [-0.05, 0) is 48.9 Å². The number of hydrogen-bond acceptors (Lipinski definition) is 0. The number of hydrogen-bond donors (Lipinski definition) is 0. The molecule has 0 saturated carbocycles. The Morgan fingerprint density at radius 1 is 1.05 bits per heavy atom. The van der Waals surface area contributed by atoms with Crippen LogP contribution in [-0.4, -0.2) is 0 Å². The van der Waals surface area contributed by atoms with Gasteiger partial charge in [0.1, 0.15) is 0 Å². The molecule has 0 amide bonds. The van der Waals surface area contributed by atoms with E-state index in [0.29, 0.717) is 17.3 Å². The topological polar surface area (TPSA) is 0 Å². The summed E-state index contributed by atoms with van der Waals surface area (Å²) in [6.07, 6.45) is 12.5. The van der Waals surface area contributed by atoms with Crippen LogP contribution in [0.4, 0.5) is 0 Å². The van der Waals surface area contributed by atoms with Gasteiger partial charge in [0.2, 0.25) is 0 Å². The minimum atomic E-state index is 0.441. The minimum Gasteiger partial charge on any atom is -0.103 e. The molecule has 0 aliphatic heterocycles. The van der Waals surface area contributed by atoms with Crippen molar-refractivity contribution in [3.63, 3.8) is 0 Å². The molecule has 130 valence electrons. The molecule has 0 N–H and O–H groups in total. The van der Waals surface area contributed by atoms with Gasteiger partial charge < -0.3 is 0 Å². The highest BCUT2D eigenvalue weighted by molar-refractivity contribution is 5.01. The van der Waals surface area contributed by atoms with Gasteiger partial charge in [-0.1, -0.05) is 85.5 Å². The first-order valence-electron chi connectivity index (χ1n) is 9.53. The minimum absolute atomic E-state index is 0.441. The lowest BCUT2D eigenvalue weighted by Crippen LogP contribution is -2.15. The highest BCUT2D eigenvalue weighted by atomic mass is 14.3. The van der Waals surface area contributed by atoms with Gasteiger partial charge in [-0.3, -0.25) is 0 Å². The van der Waals surface area contributed by atoms with E-state index in [9.17, 15) is 0 Å². The first-order valence-corrected chi connectivity index (χ1v) is 9.53. The van der Waals surface area contributed by atoms with E-state index in [0.717, 1.165) is 5.92 Å². The van der Waals surface area contributed by atoms with Crippen LogP contribution in [0.1, 0.15) is 92.9 Å². The molecule has 0 rings (SSSR count). The maximum Gasteiger partial charge on any atom is -0.0209 e. The molecule has 22 heavy (non-hydrogen) atoms. The molecule has 0 aromatic carbocycles. The van der Waals surface area contributed by atoms with E-state index >= 15 is 0 Å². The molecule has 0 aliphatic carbocycles. The van der Waals surface area contributed by atoms with Crippen molar-refractivity contribution in [2.45, 2.75) is 92.9 Å². The van der Waals surface area contributed by atoms with Crippen LogP contribution in [0, 0.1) is 23.2 Å². The summed E-state index contributed by atoms with van der Waals surface area (Å²) < 4.78 is 0. The largest absolute Gasteiger partial charge is 0.103 e. The lowest BCUT2D eigenvalue weighted by atomic mass is 9.78. The van der Waals surface area contributed by atoms with Crippen LogP contribution in [0.15, 0.2) is 24.8 Å². The molecular formula is C22H42. The second-order valence-corrected chi connectivity index (χ2v) is 8.34. The Hall–Kier alpha value is -0.520. The molecule has 0 nitrogen and oxygen atoms in total. The van der Waals surface area contributed by atoms with Crippen molar-refractivity contribution in [2.24, 2.45) is 23.2 Å². The predicted octanol–water partition coefficient (Wildman–Crippen LogP) is 7.80. The standard InChI is InChI=1S/C22H42/c1-9-11-14-19(4)21(6)20(5)15-17-22(7,8)16-12-13-18(3)10-2/h10,18-19,21H,2,5,9,11-17H2,1,3-4,6-8H3. The fourth-order valence-corrected chi connectivity index (χ4v) is 3.05. The quantitative estimate of drug-likeness (QED) is 0.304. The number of unbranched alkanes of at least 4 members (excludes halogenated alkanes) is 1. The molecule has 0 aromatic rings. The van der Waals surface area contributed by atoms with Crippen molar-refractivity contribution < 1.29 is 0 Å². The third kappa shape index (κ3) is 9.49. The second-order valence-electron chi connectivity index (χ2n) is 8.34. The fourth-order valence-electron chi connectivity index (χ4n) is 3.05. The van der Waals surface area contributed by atoms with Crippen molar-refractivity contribution in [1.29, 1.82) is 0 Å². The Morgan fingerprint density at radius 2 is 1.68 bits per heavy atom. The molecule has 0 radical (unpaired) electrons. The van der Waals surface area contributed by atoms with Crippen molar-refractivity contribution in [1.82, 2.24) is 0 Å². The van der Waals surface area contributed by atoms with E-state index in [4.69, 9.17) is 0 Å². The van der Waals surface area contributed by atoms with Crippen LogP contribution in [0.5, 0.6) is 0 Å². The summed E-state index contributed by atoms with van der Waals surface area (Å²) in [5.74, 6) is 2.11. The molecule has 0 aliphatic rings. The van der Waals surface area contributed by atoms with Crippen LogP contribution in [-0.2, 0) is 0 Å². The van der Waals surface area contributed by atoms with Crippen molar-refractivity contribution in [2.75, 3.05) is 0 Å². The monoisotopic (exact) mass is 306 g/mol. The Morgan fingerprint density at radius 3 is 2.23 bits per heavy atom. The van der Waals surface area contributed by atoms with Crippen molar-refractivity contribution in [3.05, 3.63) is 24.8 Å². The summed E-state index contributed by atoms with van der Waals surface area (Å²) in [5.41, 5.74) is 1.91. The zero-order chi connectivity index (χ0) is 17.2. The normalized spacial score (nSPS) is 16.1. The fraction of sp³-hybridized carbons (Fsp3) is 0.818. The molecule has 0 saturated heterocycles. The van der Waals surface area contributed by atoms with Gasteiger partial charge in [0.05, 0.1) is 0 Å². The summed E-state index contributed by atoms with van der Waals surface area (Å²) in [6, 6.07) is 0. The van der Waals surface area contributed by atoms with Gasteiger partial charge in [0, 0.05) is 0 Å². The van der Waals surface area contributed by atoms with Crippen LogP contribution in [0.25, 0.3) is 0 Å². The lowest BCUT2D eigenvalue weighted by molar-refractivity contribution is 0.283. The average Bonchev–Trinajstić information content (AvgIpc) is 2.49. The zero-order valence-electron chi connectivity index (χ0n) is 16.4. The van der Waals surface area contributed by atoms with Crippen molar-refractivity contribution in [3.8, 4) is 0 Å². The molecule has 3 atom stereocenters. The lowest BCUT2D eigenvalue weighted by Gasteiger charge is -2.28. The van der Waals surface area contributed by atoms with Gasteiger partial charge in [-0.25, -0.2) is 0 Å². The third-order valence-corrected chi connectivity index (χ3v) is 5.55. The maximum atomic E-state index is 4.40. The van der Waals surface area contributed by atoms with Gasteiger partial charge in [0.25, 0.3) is 0 Å². The van der Waals surface area contributed by atoms with Gasteiger partial charge in [0.15, 0.2) is 0 Å². The van der Waals surface area contributed by atoms with Crippen molar-refractivity contribution >= 4 is 0 Å². The summed E-state index contributed by atoms with van der Waals surface area (Å²) in [5, 5.41) is 0. The Balaban J connectivity index is 4.11. The van der Waals surface area contributed by atoms with Gasteiger partial charge in [-0.2, -0.15) is 0 Å². The first kappa shape index (κ1) is 21.5. The zero-order valence-corrected chi connectivity index (χ0v) is 16.4. The highest BCUT2D eigenvalue weighted by Crippen LogP contribution is 2.34. The van der Waals surface area contributed by atoms with Crippen LogP contribution in [0.2, 0.25) is 0 Å². The Kier molecular flexibility index (Phi) is 10.8. The maximum absolute atomic E-state index is 4.40. The summed E-state index contributed by atoms with van der Waals surface area (Å²) in [7, 11) is 0. The van der Waals surface area contributed by atoms with Crippen LogP contribution < -0.4 is 0 Å². The smallest absolute Gasteiger partial charge is 0.0209 e. The molecule has 0 spiro atoms. The first-order chi connectivity index (χ1) is 10.2. The van der Waals surface area contributed by atoms with E-state index < -0.39 is 0 Å². The molecule has 0 aromatic heterocycles. The molecule has 0 heterocycles. The van der Waals surface area contributed by atoms with E-state index in [1.165, 1.54) is 56.9 Å². The van der Waals surface area contributed by atoms with E-state index in [1.807, 2.05) is 0 Å². The molecule has 0 heteroatoms. The second kappa shape index (κ2) is 11.1. The number of rotatable bonds is 13. The number of allylic oxidation sites excluding steroid dienone is 2. The van der Waals surface area contributed by atoms with Gasteiger partial charge in [-0.15, -0.1) is 6.58 Å². The van der Waals surface area contributed by atoms with Gasteiger partial charge >= 0.3 is 0 Å². The molecular weight excluding hydrogens is 264 g/mol. The predicted molar refractivity (Wildman–Crippen MR) is 103 cm³/mol. The van der Waals surface area contributed by atoms with E-state index in [1.54, 1.807) is 0 Å². The summed E-state index contributed by atoms with van der Waals surface area (Å²) in [4.78, 5) is 0. The van der Waals surface area contributed by atoms with Crippen LogP contribution >= 0.6 is 0 Å². The summed E-state index contributed by atoms with van der Waals surface area (Å²) in [6.45, 7) is 22.4. The SMILES string of the molecule is C=CC(C)CCCC(C)(C)CCC(=C)C(C)C(C)CCCC. The third-order valence-electron chi connectivity index (χ3n) is 5.55. The van der Waals surface area contributed by atoms with Crippen LogP contribution in [0.3, 0.4) is 0 Å². The Labute approximate surface area is 141 Å². The summed E-state index contributed by atoms with van der Waals surface area (Å²) >= 11 is 0. The molecule has 0 fully saturated rings. The van der Waals surface area contributed by atoms with E-state index in [-0.39, 0.29) is 0 Å². The van der Waals surface area contributed by atoms with E-state index in [2.05, 4.69) is 60.8 Å². The Bertz CT molecular complexity index is 310. The highest BCUT2D eigenvalue weighted by Gasteiger charge is 2.21.